The fourth-order valence-electron chi connectivity index (χ4n) is 7.56. The highest BCUT2D eigenvalue weighted by Gasteiger charge is 2.37. The van der Waals surface area contributed by atoms with Crippen molar-refractivity contribution in [1.29, 1.82) is 0 Å². The molecule has 53 heavy (non-hydrogen) atoms. The molecule has 2 saturated heterocycles. The molecule has 4 heterocycles. The fraction of sp³-hybridized carbons (Fsp3) is 0.463. The van der Waals surface area contributed by atoms with Crippen LogP contribution < -0.4 is 20.9 Å². The summed E-state index contributed by atoms with van der Waals surface area (Å²) in [5.74, 6) is 1.28. The second-order valence-corrected chi connectivity index (χ2v) is 15.8. The maximum absolute atomic E-state index is 15.3. The lowest BCUT2D eigenvalue weighted by Crippen LogP contribution is -2.41. The molecule has 0 atom stereocenters. The van der Waals surface area contributed by atoms with Crippen LogP contribution in [0.3, 0.4) is 0 Å². The number of pyridine rings is 2. The average Bonchev–Trinajstić information content (AvgIpc) is 4.11. The predicted molar refractivity (Wildman–Crippen MR) is 203 cm³/mol. The summed E-state index contributed by atoms with van der Waals surface area (Å²) in [5, 5.41) is 0.495. The first kappa shape index (κ1) is 37.6. The highest BCUT2D eigenvalue weighted by molar-refractivity contribution is 6.33. The number of nitrogens with zero attached hydrogens (tertiary/aromatic N) is 4. The Morgan fingerprint density at radius 1 is 0.660 bits per heavy atom. The zero-order valence-corrected chi connectivity index (χ0v) is 31.0. The molecule has 4 fully saturated rings. The molecule has 8 rings (SSSR count). The second kappa shape index (κ2) is 15.5. The Balaban J connectivity index is 0.000000165. The van der Waals surface area contributed by atoms with E-state index in [1.54, 1.807) is 21.4 Å². The SMILES string of the molecule is O=c1c(Cl)c(N2CCC(F)(c3ccccc3)CC2)ccn1CC1CC1.O=c1c(Cl)c(N2CCC(c3cccc(C(F)(F)F)c3)CC2)ccn1CC1CC1. The number of rotatable bonds is 8. The van der Waals surface area contributed by atoms with Crippen molar-refractivity contribution in [2.45, 2.75) is 82.2 Å². The van der Waals surface area contributed by atoms with Gasteiger partial charge in [-0.1, -0.05) is 71.7 Å². The lowest BCUT2D eigenvalue weighted by atomic mass is 9.86. The van der Waals surface area contributed by atoms with Gasteiger partial charge in [0, 0.05) is 64.5 Å². The molecule has 0 radical (unpaired) electrons. The van der Waals surface area contributed by atoms with Crippen LogP contribution >= 0.6 is 23.2 Å². The number of hydrogen-bond acceptors (Lipinski definition) is 4. The van der Waals surface area contributed by atoms with Gasteiger partial charge in [0.15, 0.2) is 0 Å². The van der Waals surface area contributed by atoms with Crippen LogP contribution in [0, 0.1) is 11.8 Å². The van der Waals surface area contributed by atoms with Gasteiger partial charge < -0.3 is 18.9 Å². The summed E-state index contributed by atoms with van der Waals surface area (Å²) in [7, 11) is 0. The topological polar surface area (TPSA) is 50.5 Å². The standard InChI is InChI=1S/C21H22ClF3N2O.C20H22ClFN2O/c22-19-18(8-11-27(20(19)28)13-14-4-5-14)26-9-6-15(7-10-26)16-2-1-3-17(12-16)21(23,24)25;21-18-17(8-11-24(19(18)25)14-15-6-7-15)23-12-9-20(22,10-13-23)16-4-2-1-3-5-16/h1-3,8,11-12,14-15H,4-7,9-10,13H2;1-5,8,11,15H,6-7,9-10,12-14H2. The number of alkyl halides is 4. The van der Waals surface area contributed by atoms with E-state index in [9.17, 15) is 22.8 Å². The van der Waals surface area contributed by atoms with Crippen molar-refractivity contribution in [2.75, 3.05) is 36.0 Å². The van der Waals surface area contributed by atoms with Crippen molar-refractivity contribution >= 4 is 34.6 Å². The van der Waals surface area contributed by atoms with E-state index in [4.69, 9.17) is 23.2 Å². The van der Waals surface area contributed by atoms with Gasteiger partial charge in [0.05, 0.1) is 16.9 Å². The van der Waals surface area contributed by atoms with Gasteiger partial charge in [0.2, 0.25) is 0 Å². The summed E-state index contributed by atoms with van der Waals surface area (Å²) >= 11 is 12.7. The Labute approximate surface area is 316 Å². The van der Waals surface area contributed by atoms with Crippen LogP contribution in [0.2, 0.25) is 10.0 Å². The van der Waals surface area contributed by atoms with Crippen LogP contribution in [-0.2, 0) is 24.9 Å². The molecule has 2 aliphatic heterocycles. The van der Waals surface area contributed by atoms with Crippen molar-refractivity contribution in [3.8, 4) is 0 Å². The summed E-state index contributed by atoms with van der Waals surface area (Å²) in [6, 6.07) is 18.7. The second-order valence-electron chi connectivity index (χ2n) is 15.0. The molecule has 0 unspecified atom stereocenters. The largest absolute Gasteiger partial charge is 0.416 e. The fourth-order valence-corrected chi connectivity index (χ4v) is 8.14. The maximum Gasteiger partial charge on any atom is 0.416 e. The van der Waals surface area contributed by atoms with E-state index < -0.39 is 17.4 Å². The minimum Gasteiger partial charge on any atom is -0.370 e. The first-order chi connectivity index (χ1) is 25.4. The third-order valence-electron chi connectivity index (χ3n) is 11.2. The Kier molecular flexibility index (Phi) is 11.0. The molecular weight excluding hydrogens is 727 g/mol. The summed E-state index contributed by atoms with van der Waals surface area (Å²) < 4.78 is 57.5. The molecule has 0 N–H and O–H groups in total. The van der Waals surface area contributed by atoms with Crippen LogP contribution in [-0.4, -0.2) is 35.3 Å². The van der Waals surface area contributed by atoms with Crippen molar-refractivity contribution in [1.82, 2.24) is 9.13 Å². The van der Waals surface area contributed by atoms with E-state index >= 15 is 4.39 Å². The highest BCUT2D eigenvalue weighted by atomic mass is 35.5. The van der Waals surface area contributed by atoms with Crippen LogP contribution in [0.15, 0.2) is 88.7 Å². The first-order valence-corrected chi connectivity index (χ1v) is 19.3. The summed E-state index contributed by atoms with van der Waals surface area (Å²) in [6.07, 6.45) is 6.27. The number of benzene rings is 2. The number of hydrogen-bond donors (Lipinski definition) is 0. The van der Waals surface area contributed by atoms with Gasteiger partial charge in [0.1, 0.15) is 15.7 Å². The monoisotopic (exact) mass is 770 g/mol. The van der Waals surface area contributed by atoms with E-state index in [0.717, 1.165) is 67.3 Å². The quantitative estimate of drug-likeness (QED) is 0.168. The number of aromatic nitrogens is 2. The van der Waals surface area contributed by atoms with Crippen LogP contribution in [0.25, 0.3) is 0 Å². The number of piperidine rings is 2. The summed E-state index contributed by atoms with van der Waals surface area (Å²) in [5.41, 5.74) is 0.716. The molecular formula is C41H44Cl2F4N4O2. The van der Waals surface area contributed by atoms with E-state index in [1.165, 1.54) is 25.0 Å². The van der Waals surface area contributed by atoms with Crippen LogP contribution in [0.1, 0.15) is 74.0 Å². The predicted octanol–water partition coefficient (Wildman–Crippen LogP) is 9.69. The molecule has 6 nitrogen and oxygen atoms in total. The molecule has 2 saturated carbocycles. The molecule has 0 spiro atoms. The molecule has 2 aromatic heterocycles. The van der Waals surface area contributed by atoms with Gasteiger partial charge in [-0.3, -0.25) is 9.59 Å². The highest BCUT2D eigenvalue weighted by Crippen LogP contribution is 2.40. The number of halogens is 6. The minimum absolute atomic E-state index is 0.0764. The van der Waals surface area contributed by atoms with E-state index in [0.29, 0.717) is 50.9 Å². The number of anilines is 2. The van der Waals surface area contributed by atoms with Gasteiger partial charge in [0.25, 0.3) is 11.1 Å². The van der Waals surface area contributed by atoms with Gasteiger partial charge in [-0.2, -0.15) is 13.2 Å². The third kappa shape index (κ3) is 8.80. The van der Waals surface area contributed by atoms with E-state index in [2.05, 4.69) is 4.90 Å². The smallest absolute Gasteiger partial charge is 0.370 e. The van der Waals surface area contributed by atoms with Crippen LogP contribution in [0.5, 0.6) is 0 Å². The zero-order chi connectivity index (χ0) is 37.3. The molecule has 4 aromatic rings. The van der Waals surface area contributed by atoms with Crippen molar-refractivity contribution in [3.63, 3.8) is 0 Å². The molecule has 2 aliphatic carbocycles. The Hall–Kier alpha value is -3.76. The molecule has 4 aliphatic rings. The summed E-state index contributed by atoms with van der Waals surface area (Å²) in [4.78, 5) is 29.1. The lowest BCUT2D eigenvalue weighted by molar-refractivity contribution is -0.137. The molecule has 282 valence electrons. The van der Waals surface area contributed by atoms with Gasteiger partial charge in [-0.05, 0) is 85.6 Å². The van der Waals surface area contributed by atoms with Crippen molar-refractivity contribution in [2.24, 2.45) is 11.8 Å². The molecule has 12 heteroatoms. The normalized spacial score (nSPS) is 19.1. The van der Waals surface area contributed by atoms with Gasteiger partial charge in [-0.25, -0.2) is 4.39 Å². The third-order valence-corrected chi connectivity index (χ3v) is 11.9. The summed E-state index contributed by atoms with van der Waals surface area (Å²) in [6.45, 7) is 3.89. The van der Waals surface area contributed by atoms with Crippen molar-refractivity contribution in [3.05, 3.63) is 127 Å². The Bertz CT molecular complexity index is 2010. The van der Waals surface area contributed by atoms with Crippen LogP contribution in [0.4, 0.5) is 28.9 Å². The van der Waals surface area contributed by atoms with Gasteiger partial charge in [-0.15, -0.1) is 0 Å². The Morgan fingerprint density at radius 2 is 1.17 bits per heavy atom. The van der Waals surface area contributed by atoms with Crippen molar-refractivity contribution < 1.29 is 17.6 Å². The van der Waals surface area contributed by atoms with Gasteiger partial charge >= 0.3 is 6.18 Å². The molecule has 2 aromatic carbocycles. The maximum atomic E-state index is 15.3. The van der Waals surface area contributed by atoms with E-state index in [-0.39, 0.29) is 27.1 Å². The molecule has 0 amide bonds. The first-order valence-electron chi connectivity index (χ1n) is 18.6. The minimum atomic E-state index is -4.32. The lowest BCUT2D eigenvalue weighted by Gasteiger charge is -2.38. The Morgan fingerprint density at radius 3 is 1.66 bits per heavy atom. The van der Waals surface area contributed by atoms with E-state index in [1.807, 2.05) is 53.6 Å². The average molecular weight is 772 g/mol. The molecule has 0 bridgehead atoms. The zero-order valence-electron chi connectivity index (χ0n) is 29.5.